The highest BCUT2D eigenvalue weighted by Crippen LogP contribution is 2.33. The van der Waals surface area contributed by atoms with Crippen molar-refractivity contribution in [2.24, 2.45) is 5.92 Å². The zero-order valence-electron chi connectivity index (χ0n) is 16.0. The number of aliphatic carboxylic acids is 1. The molecule has 2 amide bonds. The third-order valence-electron chi connectivity index (χ3n) is 5.48. The van der Waals surface area contributed by atoms with Gasteiger partial charge in [-0.15, -0.1) is 0 Å². The minimum atomic E-state index is -0.788. The summed E-state index contributed by atoms with van der Waals surface area (Å²) in [6.45, 7) is 2.91. The van der Waals surface area contributed by atoms with E-state index >= 15 is 0 Å². The summed E-state index contributed by atoms with van der Waals surface area (Å²) < 4.78 is 5.58. The molecule has 1 heterocycles. The quantitative estimate of drug-likeness (QED) is 0.644. The lowest BCUT2D eigenvalue weighted by molar-refractivity contribution is -0.139. The summed E-state index contributed by atoms with van der Waals surface area (Å²) in [4.78, 5) is 29.8. The molecule has 0 aliphatic heterocycles. The van der Waals surface area contributed by atoms with E-state index in [4.69, 9.17) is 9.52 Å². The number of fused-ring (bicyclic) bond motifs is 1. The van der Waals surface area contributed by atoms with Crippen LogP contribution in [0, 0.1) is 5.92 Å². The summed E-state index contributed by atoms with van der Waals surface area (Å²) in [5, 5.41) is 14.9. The fraction of sp³-hybridized carbons (Fsp3) is 0.550. The molecule has 150 valence electrons. The van der Waals surface area contributed by atoms with Crippen molar-refractivity contribution in [3.05, 3.63) is 24.1 Å². The number of aromatic nitrogens is 1. The number of rotatable bonds is 8. The maximum atomic E-state index is 12.3. The van der Waals surface area contributed by atoms with Crippen molar-refractivity contribution in [2.75, 3.05) is 18.4 Å². The first-order chi connectivity index (χ1) is 13.5. The third kappa shape index (κ3) is 4.44. The van der Waals surface area contributed by atoms with Gasteiger partial charge < -0.3 is 20.2 Å². The molecular formula is C20H26N4O4. The first-order valence-electron chi connectivity index (χ1n) is 9.93. The Labute approximate surface area is 163 Å². The molecule has 1 aromatic carbocycles. The van der Waals surface area contributed by atoms with Crippen LogP contribution in [0.5, 0.6) is 0 Å². The van der Waals surface area contributed by atoms with Crippen LogP contribution in [0.3, 0.4) is 0 Å². The van der Waals surface area contributed by atoms with Gasteiger partial charge in [-0.05, 0) is 49.8 Å². The molecule has 0 unspecified atom stereocenters. The molecule has 0 saturated heterocycles. The van der Waals surface area contributed by atoms with E-state index in [1.807, 2.05) is 6.92 Å². The van der Waals surface area contributed by atoms with E-state index in [0.29, 0.717) is 23.1 Å². The number of urea groups is 1. The zero-order chi connectivity index (χ0) is 19.7. The summed E-state index contributed by atoms with van der Waals surface area (Å²) in [7, 11) is 0. The highest BCUT2D eigenvalue weighted by molar-refractivity contribution is 5.91. The van der Waals surface area contributed by atoms with Gasteiger partial charge in [0.05, 0.1) is 6.54 Å². The highest BCUT2D eigenvalue weighted by atomic mass is 16.4. The van der Waals surface area contributed by atoms with E-state index < -0.39 is 5.97 Å². The number of anilines is 1. The van der Waals surface area contributed by atoms with Gasteiger partial charge in [-0.25, -0.2) is 9.78 Å². The molecule has 2 aliphatic rings. The molecule has 2 saturated carbocycles. The molecule has 8 nitrogen and oxygen atoms in total. The minimum absolute atomic E-state index is 0.0722. The standard InChI is InChI=1S/C20H26N4O4/c1-2-18-23-16-9-13(5-6-17(16)28-18)21-20(27)22-14-7-15(8-14)24(11-19(25)26)10-12-3-4-12/h5-6,9,12,14-15H,2-4,7-8,10-11H2,1H3,(H,25,26)(H2,21,22,27). The second kappa shape index (κ2) is 7.79. The molecule has 8 heteroatoms. The SMILES string of the molecule is CCc1nc2cc(NC(=O)NC3CC(N(CC(=O)O)CC4CC4)C3)ccc2o1. The number of carbonyl (C=O) groups is 2. The fourth-order valence-electron chi connectivity index (χ4n) is 3.71. The number of amides is 2. The maximum absolute atomic E-state index is 12.3. The van der Waals surface area contributed by atoms with Crippen molar-refractivity contribution in [1.82, 2.24) is 15.2 Å². The third-order valence-corrected chi connectivity index (χ3v) is 5.48. The van der Waals surface area contributed by atoms with Crippen molar-refractivity contribution >= 4 is 28.8 Å². The number of hydrogen-bond donors (Lipinski definition) is 3. The van der Waals surface area contributed by atoms with Gasteiger partial charge in [0.1, 0.15) is 5.52 Å². The Morgan fingerprint density at radius 2 is 2.11 bits per heavy atom. The van der Waals surface area contributed by atoms with Gasteiger partial charge in [0.25, 0.3) is 0 Å². The lowest BCUT2D eigenvalue weighted by Crippen LogP contribution is -2.55. The van der Waals surface area contributed by atoms with Crippen LogP contribution in [0.25, 0.3) is 11.1 Å². The van der Waals surface area contributed by atoms with E-state index in [0.717, 1.165) is 31.3 Å². The highest BCUT2D eigenvalue weighted by Gasteiger charge is 2.37. The molecule has 4 rings (SSSR count). The van der Waals surface area contributed by atoms with Gasteiger partial charge in [0.15, 0.2) is 11.5 Å². The van der Waals surface area contributed by atoms with Crippen molar-refractivity contribution in [3.63, 3.8) is 0 Å². The van der Waals surface area contributed by atoms with E-state index in [2.05, 4.69) is 20.5 Å². The van der Waals surface area contributed by atoms with E-state index in [1.54, 1.807) is 18.2 Å². The average Bonchev–Trinajstić information content (AvgIpc) is 3.32. The monoisotopic (exact) mass is 386 g/mol. The van der Waals surface area contributed by atoms with Crippen LogP contribution in [-0.2, 0) is 11.2 Å². The summed E-state index contributed by atoms with van der Waals surface area (Å²) >= 11 is 0. The van der Waals surface area contributed by atoms with Crippen molar-refractivity contribution in [3.8, 4) is 0 Å². The smallest absolute Gasteiger partial charge is 0.319 e. The van der Waals surface area contributed by atoms with E-state index in [9.17, 15) is 9.59 Å². The van der Waals surface area contributed by atoms with Crippen LogP contribution in [0.15, 0.2) is 22.6 Å². The van der Waals surface area contributed by atoms with Crippen LogP contribution >= 0.6 is 0 Å². The number of oxazole rings is 1. The summed E-state index contributed by atoms with van der Waals surface area (Å²) in [6, 6.07) is 5.45. The Hall–Kier alpha value is -2.61. The van der Waals surface area contributed by atoms with Gasteiger partial charge in [0, 0.05) is 30.7 Å². The summed E-state index contributed by atoms with van der Waals surface area (Å²) in [5.41, 5.74) is 2.10. The molecule has 0 bridgehead atoms. The molecule has 0 radical (unpaired) electrons. The zero-order valence-corrected chi connectivity index (χ0v) is 16.0. The Morgan fingerprint density at radius 1 is 1.32 bits per heavy atom. The Balaban J connectivity index is 1.27. The molecule has 1 aromatic heterocycles. The maximum Gasteiger partial charge on any atom is 0.319 e. The first-order valence-corrected chi connectivity index (χ1v) is 9.93. The van der Waals surface area contributed by atoms with Gasteiger partial charge in [-0.1, -0.05) is 6.92 Å². The van der Waals surface area contributed by atoms with Gasteiger partial charge in [-0.3, -0.25) is 9.69 Å². The molecule has 0 atom stereocenters. The van der Waals surface area contributed by atoms with Crippen LogP contribution in [0.1, 0.15) is 38.5 Å². The van der Waals surface area contributed by atoms with Crippen molar-refractivity contribution < 1.29 is 19.1 Å². The van der Waals surface area contributed by atoms with Crippen LogP contribution in [0.2, 0.25) is 0 Å². The number of nitrogens with zero attached hydrogens (tertiary/aromatic N) is 2. The molecule has 0 spiro atoms. The van der Waals surface area contributed by atoms with Crippen LogP contribution in [0.4, 0.5) is 10.5 Å². The number of benzene rings is 1. The Morgan fingerprint density at radius 3 is 2.79 bits per heavy atom. The predicted octanol–water partition coefficient (Wildman–Crippen LogP) is 2.84. The number of carbonyl (C=O) groups excluding carboxylic acids is 1. The number of nitrogens with one attached hydrogen (secondary N) is 2. The van der Waals surface area contributed by atoms with Crippen LogP contribution in [-0.4, -0.2) is 52.2 Å². The van der Waals surface area contributed by atoms with Crippen molar-refractivity contribution in [1.29, 1.82) is 0 Å². The lowest BCUT2D eigenvalue weighted by Gasteiger charge is -2.42. The van der Waals surface area contributed by atoms with E-state index in [-0.39, 0.29) is 24.7 Å². The molecular weight excluding hydrogens is 360 g/mol. The number of aryl methyl sites for hydroxylation is 1. The Bertz CT molecular complexity index is 870. The number of carboxylic acid groups (broad SMARTS) is 1. The first kappa shape index (κ1) is 18.7. The number of carboxylic acids is 1. The van der Waals surface area contributed by atoms with Gasteiger partial charge >= 0.3 is 12.0 Å². The fourth-order valence-corrected chi connectivity index (χ4v) is 3.71. The van der Waals surface area contributed by atoms with Crippen molar-refractivity contribution in [2.45, 2.75) is 51.1 Å². The van der Waals surface area contributed by atoms with Gasteiger partial charge in [0.2, 0.25) is 0 Å². The number of hydrogen-bond acceptors (Lipinski definition) is 5. The molecule has 28 heavy (non-hydrogen) atoms. The normalized spacial score (nSPS) is 21.5. The molecule has 3 N–H and O–H groups in total. The lowest BCUT2D eigenvalue weighted by atomic mass is 9.85. The molecule has 2 aliphatic carbocycles. The molecule has 2 aromatic rings. The van der Waals surface area contributed by atoms with Gasteiger partial charge in [-0.2, -0.15) is 0 Å². The average molecular weight is 386 g/mol. The predicted molar refractivity (Wildman–Crippen MR) is 104 cm³/mol. The second-order valence-corrected chi connectivity index (χ2v) is 7.83. The largest absolute Gasteiger partial charge is 0.480 e. The topological polar surface area (TPSA) is 108 Å². The van der Waals surface area contributed by atoms with E-state index in [1.165, 1.54) is 12.8 Å². The Kier molecular flexibility index (Phi) is 5.21. The molecule has 2 fully saturated rings. The summed E-state index contributed by atoms with van der Waals surface area (Å²) in [6.07, 6.45) is 4.69. The second-order valence-electron chi connectivity index (χ2n) is 7.83. The van der Waals surface area contributed by atoms with Crippen LogP contribution < -0.4 is 10.6 Å². The summed E-state index contributed by atoms with van der Waals surface area (Å²) in [5.74, 6) is 0.535. The minimum Gasteiger partial charge on any atom is -0.480 e.